The SMILES string of the molecule is CO[C@@]12C=C[C@@H](O1)[C@H]1[C@@H]2S(=O)(=O)c2ccc3ccccc3c2-c2c(ccc3ccccc23)S1(=O)=O. The fourth-order valence-electron chi connectivity index (χ4n) is 6.00. The maximum Gasteiger partial charge on any atom is 0.207 e. The van der Waals surface area contributed by atoms with Crippen molar-refractivity contribution in [3.63, 3.8) is 0 Å². The topological polar surface area (TPSA) is 86.7 Å². The van der Waals surface area contributed by atoms with Crippen molar-refractivity contribution in [1.29, 1.82) is 0 Å². The lowest BCUT2D eigenvalue weighted by Crippen LogP contribution is -2.53. The molecule has 6 nitrogen and oxygen atoms in total. The van der Waals surface area contributed by atoms with Crippen molar-refractivity contribution in [3.05, 3.63) is 84.9 Å². The molecule has 2 bridgehead atoms. The number of ether oxygens (including phenoxy) is 2. The molecular formula is C27H20O6S2. The van der Waals surface area contributed by atoms with Gasteiger partial charge in [0.25, 0.3) is 0 Å². The normalized spacial score (nSPS) is 29.3. The zero-order valence-corrected chi connectivity index (χ0v) is 20.2. The van der Waals surface area contributed by atoms with Crippen LogP contribution in [0.15, 0.2) is 94.7 Å². The van der Waals surface area contributed by atoms with Gasteiger partial charge in [0.05, 0.1) is 15.9 Å². The van der Waals surface area contributed by atoms with E-state index in [-0.39, 0.29) is 9.79 Å². The molecule has 3 aliphatic heterocycles. The van der Waals surface area contributed by atoms with Gasteiger partial charge >= 0.3 is 0 Å². The molecule has 0 saturated carbocycles. The van der Waals surface area contributed by atoms with Gasteiger partial charge in [-0.3, -0.25) is 0 Å². The molecule has 4 aromatic carbocycles. The Labute approximate surface area is 202 Å². The van der Waals surface area contributed by atoms with Gasteiger partial charge in [0, 0.05) is 18.2 Å². The summed E-state index contributed by atoms with van der Waals surface area (Å²) in [6, 6.07) is 21.6. The van der Waals surface area contributed by atoms with Crippen LogP contribution in [0.2, 0.25) is 0 Å². The predicted octanol–water partition coefficient (Wildman–Crippen LogP) is 4.27. The van der Waals surface area contributed by atoms with E-state index in [4.69, 9.17) is 9.47 Å². The first-order valence-corrected chi connectivity index (χ1v) is 14.3. The number of sulfone groups is 2. The van der Waals surface area contributed by atoms with Crippen LogP contribution in [0, 0.1) is 0 Å². The van der Waals surface area contributed by atoms with E-state index in [1.165, 1.54) is 13.2 Å². The van der Waals surface area contributed by atoms with Crippen molar-refractivity contribution >= 4 is 41.2 Å². The highest BCUT2D eigenvalue weighted by molar-refractivity contribution is 7.96. The number of hydrogen-bond acceptors (Lipinski definition) is 6. The molecule has 0 N–H and O–H groups in total. The average molecular weight is 505 g/mol. The van der Waals surface area contributed by atoms with Gasteiger partial charge in [0.1, 0.15) is 10.5 Å². The molecule has 3 aliphatic rings. The molecule has 0 amide bonds. The van der Waals surface area contributed by atoms with Crippen molar-refractivity contribution in [3.8, 4) is 11.1 Å². The second kappa shape index (κ2) is 6.79. The molecule has 0 aliphatic carbocycles. The summed E-state index contributed by atoms with van der Waals surface area (Å²) < 4.78 is 69.1. The fourth-order valence-corrected chi connectivity index (χ4v) is 11.1. The van der Waals surface area contributed by atoms with Gasteiger partial charge in [0.2, 0.25) is 5.79 Å². The average Bonchev–Trinajstić information content (AvgIpc) is 3.45. The number of methoxy groups -OCH3 is 1. The summed E-state index contributed by atoms with van der Waals surface area (Å²) in [5.74, 6) is -1.67. The highest BCUT2D eigenvalue weighted by atomic mass is 32.2. The van der Waals surface area contributed by atoms with Gasteiger partial charge in [-0.15, -0.1) is 0 Å². The monoisotopic (exact) mass is 504 g/mol. The molecule has 4 aromatic rings. The third-order valence-corrected chi connectivity index (χ3v) is 12.1. The van der Waals surface area contributed by atoms with E-state index in [1.54, 1.807) is 30.3 Å². The van der Waals surface area contributed by atoms with Crippen molar-refractivity contribution < 1.29 is 26.3 Å². The minimum atomic E-state index is -4.24. The zero-order chi connectivity index (χ0) is 24.2. The summed E-state index contributed by atoms with van der Waals surface area (Å²) in [6.45, 7) is 0. The molecule has 8 heteroatoms. The molecule has 35 heavy (non-hydrogen) atoms. The van der Waals surface area contributed by atoms with Crippen LogP contribution >= 0.6 is 0 Å². The van der Waals surface area contributed by atoms with Crippen molar-refractivity contribution in [2.45, 2.75) is 32.2 Å². The highest BCUT2D eigenvalue weighted by Gasteiger charge is 2.68. The van der Waals surface area contributed by atoms with Gasteiger partial charge in [0.15, 0.2) is 19.7 Å². The Morgan fingerprint density at radius 3 is 1.86 bits per heavy atom. The van der Waals surface area contributed by atoms with Crippen LogP contribution in [0.5, 0.6) is 0 Å². The molecule has 0 radical (unpaired) electrons. The Balaban J connectivity index is 1.74. The molecule has 1 saturated heterocycles. The van der Waals surface area contributed by atoms with E-state index in [9.17, 15) is 16.8 Å². The second-order valence-corrected chi connectivity index (χ2v) is 13.3. The smallest absolute Gasteiger partial charge is 0.207 e. The number of benzene rings is 4. The molecule has 176 valence electrons. The van der Waals surface area contributed by atoms with Crippen LogP contribution in [0.3, 0.4) is 0 Å². The number of rotatable bonds is 1. The fraction of sp³-hybridized carbons (Fsp3) is 0.185. The zero-order valence-electron chi connectivity index (χ0n) is 18.6. The first-order chi connectivity index (χ1) is 16.8. The first-order valence-electron chi connectivity index (χ1n) is 11.2. The van der Waals surface area contributed by atoms with Gasteiger partial charge in [-0.1, -0.05) is 66.7 Å². The van der Waals surface area contributed by atoms with E-state index in [0.717, 1.165) is 10.8 Å². The lowest BCUT2D eigenvalue weighted by atomic mass is 9.93. The summed E-state index contributed by atoms with van der Waals surface area (Å²) in [5.41, 5.74) is 0.810. The number of hydrogen-bond donors (Lipinski definition) is 0. The third-order valence-electron chi connectivity index (χ3n) is 7.51. The van der Waals surface area contributed by atoms with E-state index in [0.29, 0.717) is 21.9 Å². The molecule has 4 atom stereocenters. The van der Waals surface area contributed by atoms with Crippen LogP contribution in [0.1, 0.15) is 0 Å². The van der Waals surface area contributed by atoms with Crippen LogP contribution in [0.4, 0.5) is 0 Å². The van der Waals surface area contributed by atoms with Crippen molar-refractivity contribution in [1.82, 2.24) is 0 Å². The van der Waals surface area contributed by atoms with Crippen LogP contribution < -0.4 is 0 Å². The highest BCUT2D eigenvalue weighted by Crippen LogP contribution is 2.54. The van der Waals surface area contributed by atoms with E-state index in [1.807, 2.05) is 48.5 Å². The standard InChI is InChI=1S/C27H20O6S2/c1-32-27-15-14-20(33-27)25-26(27)35(30,31)22-13-11-17-7-3-5-9-19(17)24(22)23-18-8-4-2-6-16(18)10-12-21(23)34(25,28)29/h2-15,20,25-26H,1H3/t20-,25+,26+,27+/m1/s1. The summed E-state index contributed by atoms with van der Waals surface area (Å²) in [4.78, 5) is 0.189. The molecule has 0 spiro atoms. The summed E-state index contributed by atoms with van der Waals surface area (Å²) >= 11 is 0. The Bertz CT molecular complexity index is 1820. The van der Waals surface area contributed by atoms with Gasteiger partial charge in [-0.25, -0.2) is 16.8 Å². The molecule has 1 fully saturated rings. The van der Waals surface area contributed by atoms with Gasteiger partial charge in [-0.2, -0.15) is 0 Å². The lowest BCUT2D eigenvalue weighted by molar-refractivity contribution is -0.155. The Morgan fingerprint density at radius 2 is 1.29 bits per heavy atom. The van der Waals surface area contributed by atoms with Crippen LogP contribution in [-0.4, -0.2) is 46.3 Å². The quantitative estimate of drug-likeness (QED) is 0.360. The largest absolute Gasteiger partial charge is 0.349 e. The summed E-state index contributed by atoms with van der Waals surface area (Å²) in [7, 11) is -7.06. The minimum absolute atomic E-state index is 0.0830. The molecular weight excluding hydrogens is 484 g/mol. The van der Waals surface area contributed by atoms with E-state index < -0.39 is 42.1 Å². The molecule has 0 unspecified atom stereocenters. The predicted molar refractivity (Wildman–Crippen MR) is 133 cm³/mol. The van der Waals surface area contributed by atoms with E-state index >= 15 is 0 Å². The summed E-state index contributed by atoms with van der Waals surface area (Å²) in [6.07, 6.45) is 2.21. The lowest BCUT2D eigenvalue weighted by Gasteiger charge is -2.34. The maximum absolute atomic E-state index is 14.4. The third kappa shape index (κ3) is 2.55. The van der Waals surface area contributed by atoms with Crippen molar-refractivity contribution in [2.75, 3.05) is 7.11 Å². The van der Waals surface area contributed by atoms with Gasteiger partial charge < -0.3 is 9.47 Å². The minimum Gasteiger partial charge on any atom is -0.349 e. The summed E-state index contributed by atoms with van der Waals surface area (Å²) in [5, 5.41) is 0.219. The second-order valence-electron chi connectivity index (χ2n) is 9.16. The maximum atomic E-state index is 14.4. The van der Waals surface area contributed by atoms with Crippen molar-refractivity contribution in [2.24, 2.45) is 0 Å². The van der Waals surface area contributed by atoms with Crippen LogP contribution in [0.25, 0.3) is 32.7 Å². The van der Waals surface area contributed by atoms with Crippen LogP contribution in [-0.2, 0) is 29.1 Å². The molecule has 0 aromatic heterocycles. The Hall–Kier alpha value is -3.04. The number of fused-ring (bicyclic) bond motifs is 12. The Morgan fingerprint density at radius 1 is 0.743 bits per heavy atom. The Kier molecular flexibility index (Phi) is 4.13. The van der Waals surface area contributed by atoms with E-state index in [2.05, 4.69) is 0 Å². The first kappa shape index (κ1) is 21.3. The molecule has 3 heterocycles. The van der Waals surface area contributed by atoms with Gasteiger partial charge in [-0.05, 0) is 39.8 Å². The molecule has 7 rings (SSSR count).